The molecule has 1 aromatic carbocycles. The highest BCUT2D eigenvalue weighted by Crippen LogP contribution is 2.43. The average Bonchev–Trinajstić information content (AvgIpc) is 2.79. The van der Waals surface area contributed by atoms with Gasteiger partial charge >= 0.3 is 0 Å². The molecule has 0 bridgehead atoms. The third-order valence-electron chi connectivity index (χ3n) is 7.13. The van der Waals surface area contributed by atoms with Gasteiger partial charge in [0.2, 0.25) is 0 Å². The van der Waals surface area contributed by atoms with Crippen LogP contribution >= 0.6 is 0 Å². The Morgan fingerprint density at radius 1 is 0.933 bits per heavy atom. The minimum absolute atomic E-state index is 0.536. The van der Waals surface area contributed by atoms with Gasteiger partial charge in [-0.3, -0.25) is 4.98 Å². The molecule has 2 heteroatoms. The van der Waals surface area contributed by atoms with Crippen molar-refractivity contribution < 1.29 is 4.74 Å². The van der Waals surface area contributed by atoms with E-state index in [-0.39, 0.29) is 0 Å². The first-order valence-corrected chi connectivity index (χ1v) is 12.4. The van der Waals surface area contributed by atoms with Crippen molar-refractivity contribution in [3.05, 3.63) is 48.3 Å². The number of hydrogen-bond donors (Lipinski definition) is 0. The molecule has 1 aromatic heterocycles. The first kappa shape index (κ1) is 22.8. The molecule has 2 aromatic rings. The van der Waals surface area contributed by atoms with Crippen LogP contribution in [0.15, 0.2) is 42.7 Å². The van der Waals surface area contributed by atoms with E-state index >= 15 is 0 Å². The number of benzene rings is 1. The van der Waals surface area contributed by atoms with Crippen LogP contribution in [-0.4, -0.2) is 11.6 Å². The highest BCUT2D eigenvalue weighted by atomic mass is 16.5. The lowest BCUT2D eigenvalue weighted by Gasteiger charge is -2.33. The Bertz CT molecular complexity index is 748. The van der Waals surface area contributed by atoms with Crippen LogP contribution in [0.25, 0.3) is 11.1 Å². The highest BCUT2D eigenvalue weighted by molar-refractivity contribution is 5.73. The summed E-state index contributed by atoms with van der Waals surface area (Å²) in [6.07, 6.45) is 18.1. The Morgan fingerprint density at radius 2 is 1.70 bits per heavy atom. The van der Waals surface area contributed by atoms with Gasteiger partial charge in [-0.05, 0) is 60.8 Å². The number of ether oxygens (including phenoxy) is 1. The van der Waals surface area contributed by atoms with E-state index in [0.717, 1.165) is 17.6 Å². The van der Waals surface area contributed by atoms with Crippen LogP contribution in [0.1, 0.15) is 96.5 Å². The van der Waals surface area contributed by atoms with Gasteiger partial charge < -0.3 is 4.74 Å². The maximum Gasteiger partial charge on any atom is 0.127 e. The number of para-hydroxylation sites is 1. The van der Waals surface area contributed by atoms with Crippen LogP contribution in [0.3, 0.4) is 0 Å². The molecule has 1 saturated carbocycles. The molecule has 1 aliphatic carbocycles. The van der Waals surface area contributed by atoms with Gasteiger partial charge in [-0.1, -0.05) is 83.4 Å². The van der Waals surface area contributed by atoms with E-state index in [2.05, 4.69) is 62.3 Å². The van der Waals surface area contributed by atoms with Gasteiger partial charge in [0.25, 0.3) is 0 Å². The second kappa shape index (κ2) is 12.1. The molecule has 164 valence electrons. The molecule has 1 aliphatic rings. The van der Waals surface area contributed by atoms with Crippen molar-refractivity contribution in [2.24, 2.45) is 11.8 Å². The Kier molecular flexibility index (Phi) is 9.24. The van der Waals surface area contributed by atoms with Gasteiger partial charge in [-0.15, -0.1) is 0 Å². The zero-order chi connectivity index (χ0) is 21.2. The molecule has 0 aliphatic heterocycles. The summed E-state index contributed by atoms with van der Waals surface area (Å²) < 4.78 is 5.93. The largest absolute Gasteiger partial charge is 0.493 e. The fourth-order valence-electron chi connectivity index (χ4n) is 5.25. The van der Waals surface area contributed by atoms with E-state index in [1.54, 1.807) is 0 Å². The van der Waals surface area contributed by atoms with Crippen molar-refractivity contribution in [3.8, 4) is 16.9 Å². The zero-order valence-corrected chi connectivity index (χ0v) is 19.4. The summed E-state index contributed by atoms with van der Waals surface area (Å²) in [6, 6.07) is 10.6. The molecule has 30 heavy (non-hydrogen) atoms. The molecule has 2 nitrogen and oxygen atoms in total. The molecule has 0 amide bonds. The number of unbranched alkanes of at least 4 members (excludes halogenated alkanes) is 4. The van der Waals surface area contributed by atoms with Crippen molar-refractivity contribution in [1.29, 1.82) is 0 Å². The highest BCUT2D eigenvalue weighted by Gasteiger charge is 2.27. The van der Waals surface area contributed by atoms with E-state index in [0.29, 0.717) is 12.5 Å². The maximum absolute atomic E-state index is 5.93. The van der Waals surface area contributed by atoms with Crippen LogP contribution in [0, 0.1) is 11.8 Å². The first-order chi connectivity index (χ1) is 14.7. The second-order valence-corrected chi connectivity index (χ2v) is 9.16. The van der Waals surface area contributed by atoms with Gasteiger partial charge in [0.15, 0.2) is 0 Å². The normalized spacial score (nSPS) is 20.1. The van der Waals surface area contributed by atoms with E-state index in [4.69, 9.17) is 4.74 Å². The average molecular weight is 408 g/mol. The van der Waals surface area contributed by atoms with E-state index in [9.17, 15) is 0 Å². The summed E-state index contributed by atoms with van der Waals surface area (Å²) in [5.74, 6) is 3.24. The molecule has 0 N–H and O–H groups in total. The lowest BCUT2D eigenvalue weighted by atomic mass is 9.72. The van der Waals surface area contributed by atoms with Crippen LogP contribution in [0.2, 0.25) is 0 Å². The number of aromatic nitrogens is 1. The number of pyridine rings is 1. The van der Waals surface area contributed by atoms with Gasteiger partial charge in [0.1, 0.15) is 5.75 Å². The summed E-state index contributed by atoms with van der Waals surface area (Å²) in [7, 11) is 0. The van der Waals surface area contributed by atoms with Crippen molar-refractivity contribution >= 4 is 0 Å². The van der Waals surface area contributed by atoms with Crippen molar-refractivity contribution in [2.45, 2.75) is 90.9 Å². The Labute approximate surface area is 184 Å². The summed E-state index contributed by atoms with van der Waals surface area (Å²) in [5, 5.41) is 0. The van der Waals surface area contributed by atoms with Crippen LogP contribution in [0.4, 0.5) is 0 Å². The molecule has 1 heterocycles. The fourth-order valence-corrected chi connectivity index (χ4v) is 5.25. The first-order valence-electron chi connectivity index (χ1n) is 12.4. The van der Waals surface area contributed by atoms with E-state index in [1.165, 1.54) is 80.9 Å². The quantitative estimate of drug-likeness (QED) is 0.349. The predicted octanol–water partition coefficient (Wildman–Crippen LogP) is 8.42. The molecule has 1 unspecified atom stereocenters. The molecule has 0 radical (unpaired) electrons. The minimum atomic E-state index is 0.536. The smallest absolute Gasteiger partial charge is 0.127 e. The standard InChI is InChI=1S/C28H41NO/c1-4-6-7-8-9-12-23-15-17-24(18-16-23)22(3)27-21-29-20-19-25(27)26-13-10-11-14-28(26)30-5-2/h10-11,13-14,19-24H,4-9,12,15-18H2,1-3H3. The Morgan fingerprint density at radius 3 is 2.47 bits per heavy atom. The number of rotatable bonds is 11. The van der Waals surface area contributed by atoms with Crippen molar-refractivity contribution in [1.82, 2.24) is 4.98 Å². The molecule has 1 atom stereocenters. The summed E-state index contributed by atoms with van der Waals surface area (Å²) in [5.41, 5.74) is 3.87. The molecule has 3 rings (SSSR count). The number of nitrogens with zero attached hydrogens (tertiary/aromatic N) is 1. The third kappa shape index (κ3) is 6.09. The Hall–Kier alpha value is -1.83. The minimum Gasteiger partial charge on any atom is -0.493 e. The third-order valence-corrected chi connectivity index (χ3v) is 7.13. The van der Waals surface area contributed by atoms with Gasteiger partial charge in [0, 0.05) is 18.0 Å². The van der Waals surface area contributed by atoms with Crippen LogP contribution < -0.4 is 4.74 Å². The number of hydrogen-bond acceptors (Lipinski definition) is 2. The SMILES string of the molecule is CCCCCCCC1CCC(C(C)c2cnccc2-c2ccccc2OCC)CC1. The zero-order valence-electron chi connectivity index (χ0n) is 19.4. The lowest BCUT2D eigenvalue weighted by molar-refractivity contribution is 0.236. The van der Waals surface area contributed by atoms with E-state index in [1.807, 2.05) is 6.20 Å². The summed E-state index contributed by atoms with van der Waals surface area (Å²) >= 11 is 0. The van der Waals surface area contributed by atoms with E-state index < -0.39 is 0 Å². The Balaban J connectivity index is 1.63. The van der Waals surface area contributed by atoms with Crippen molar-refractivity contribution in [2.75, 3.05) is 6.61 Å². The van der Waals surface area contributed by atoms with Crippen molar-refractivity contribution in [3.63, 3.8) is 0 Å². The topological polar surface area (TPSA) is 22.1 Å². The molecule has 1 fully saturated rings. The van der Waals surface area contributed by atoms with Gasteiger partial charge in [-0.25, -0.2) is 0 Å². The second-order valence-electron chi connectivity index (χ2n) is 9.16. The summed E-state index contributed by atoms with van der Waals surface area (Å²) in [4.78, 5) is 4.50. The van der Waals surface area contributed by atoms with Crippen LogP contribution in [-0.2, 0) is 0 Å². The molecule has 0 saturated heterocycles. The molecular weight excluding hydrogens is 366 g/mol. The summed E-state index contributed by atoms with van der Waals surface area (Å²) in [6.45, 7) is 7.45. The molecule has 0 spiro atoms. The van der Waals surface area contributed by atoms with Crippen LogP contribution in [0.5, 0.6) is 5.75 Å². The lowest BCUT2D eigenvalue weighted by Crippen LogP contribution is -2.19. The monoisotopic (exact) mass is 407 g/mol. The maximum atomic E-state index is 5.93. The fraction of sp³-hybridized carbons (Fsp3) is 0.607. The predicted molar refractivity (Wildman–Crippen MR) is 128 cm³/mol. The van der Waals surface area contributed by atoms with Gasteiger partial charge in [-0.2, -0.15) is 0 Å². The molecular formula is C28H41NO. The van der Waals surface area contributed by atoms with Gasteiger partial charge in [0.05, 0.1) is 6.61 Å².